The van der Waals surface area contributed by atoms with Crippen LogP contribution in [0.5, 0.6) is 0 Å². The van der Waals surface area contributed by atoms with E-state index in [0.717, 1.165) is 17.7 Å². The van der Waals surface area contributed by atoms with Crippen LogP contribution in [-0.2, 0) is 10.2 Å². The van der Waals surface area contributed by atoms with Crippen LogP contribution in [0.2, 0.25) is 0 Å². The van der Waals surface area contributed by atoms with Gasteiger partial charge in [0, 0.05) is 24.4 Å². The highest BCUT2D eigenvalue weighted by Crippen LogP contribution is 2.47. The highest BCUT2D eigenvalue weighted by molar-refractivity contribution is 6.08. The minimum atomic E-state index is -0.640. The molecule has 2 rings (SSSR count). The molecule has 1 aliphatic rings. The Kier molecular flexibility index (Phi) is 4.11. The molecule has 1 amide bonds. The highest BCUT2D eigenvalue weighted by atomic mass is 16.6. The Labute approximate surface area is 124 Å². The average molecular weight is 288 g/mol. The van der Waals surface area contributed by atoms with Crippen molar-refractivity contribution in [1.82, 2.24) is 0 Å². The molecule has 0 N–H and O–H groups in total. The number of rotatable bonds is 6. The number of anilines is 1. The second-order valence-electron chi connectivity index (χ2n) is 5.35. The average Bonchev–Trinajstić information content (AvgIpc) is 2.70. The number of hydrogen-bond acceptors (Lipinski definition) is 3. The Balaban J connectivity index is 2.65. The van der Waals surface area contributed by atoms with Gasteiger partial charge in [-0.2, -0.15) is 0 Å². The van der Waals surface area contributed by atoms with Crippen LogP contribution in [0.1, 0.15) is 38.7 Å². The first-order chi connectivity index (χ1) is 10.0. The van der Waals surface area contributed by atoms with E-state index in [2.05, 4.69) is 6.58 Å². The van der Waals surface area contributed by atoms with E-state index in [1.807, 2.05) is 13.8 Å². The van der Waals surface area contributed by atoms with Gasteiger partial charge in [-0.25, -0.2) is 0 Å². The van der Waals surface area contributed by atoms with Crippen molar-refractivity contribution >= 4 is 17.3 Å². The van der Waals surface area contributed by atoms with E-state index in [1.54, 1.807) is 23.1 Å². The topological polar surface area (TPSA) is 63.5 Å². The fourth-order valence-corrected chi connectivity index (χ4v) is 3.24. The van der Waals surface area contributed by atoms with Gasteiger partial charge in [-0.1, -0.05) is 26.3 Å². The van der Waals surface area contributed by atoms with Gasteiger partial charge in [-0.15, -0.1) is 6.58 Å². The normalized spacial score (nSPS) is 20.5. The van der Waals surface area contributed by atoms with Crippen molar-refractivity contribution in [3.8, 4) is 0 Å². The van der Waals surface area contributed by atoms with E-state index in [0.29, 0.717) is 19.4 Å². The van der Waals surface area contributed by atoms with Crippen molar-refractivity contribution in [1.29, 1.82) is 0 Å². The summed E-state index contributed by atoms with van der Waals surface area (Å²) in [6, 6.07) is 4.71. The predicted molar refractivity (Wildman–Crippen MR) is 82.5 cm³/mol. The number of nitrogens with zero attached hydrogens (tertiary/aromatic N) is 2. The molecule has 0 aliphatic carbocycles. The lowest BCUT2D eigenvalue weighted by Gasteiger charge is -2.26. The minimum Gasteiger partial charge on any atom is -0.308 e. The quantitative estimate of drug-likeness (QED) is 0.456. The van der Waals surface area contributed by atoms with Crippen LogP contribution in [-0.4, -0.2) is 17.4 Å². The molecule has 5 heteroatoms. The van der Waals surface area contributed by atoms with E-state index in [-0.39, 0.29) is 11.6 Å². The maximum absolute atomic E-state index is 12.9. The molecule has 0 saturated heterocycles. The zero-order valence-corrected chi connectivity index (χ0v) is 12.5. The van der Waals surface area contributed by atoms with Gasteiger partial charge in [0.15, 0.2) is 0 Å². The summed E-state index contributed by atoms with van der Waals surface area (Å²) < 4.78 is 0. The molecule has 1 atom stereocenters. The summed E-state index contributed by atoms with van der Waals surface area (Å²) in [6.07, 6.45) is 3.87. The molecule has 1 aliphatic heterocycles. The smallest absolute Gasteiger partial charge is 0.269 e. The molecule has 21 heavy (non-hydrogen) atoms. The van der Waals surface area contributed by atoms with Gasteiger partial charge in [0.25, 0.3) is 5.69 Å². The van der Waals surface area contributed by atoms with Gasteiger partial charge in [0.1, 0.15) is 0 Å². The van der Waals surface area contributed by atoms with E-state index < -0.39 is 10.3 Å². The zero-order chi connectivity index (χ0) is 15.6. The number of amides is 1. The molecular weight excluding hydrogens is 268 g/mol. The maximum Gasteiger partial charge on any atom is 0.269 e. The largest absolute Gasteiger partial charge is 0.308 e. The van der Waals surface area contributed by atoms with Crippen LogP contribution < -0.4 is 4.90 Å². The first-order valence-corrected chi connectivity index (χ1v) is 7.23. The van der Waals surface area contributed by atoms with Gasteiger partial charge in [0.05, 0.1) is 10.3 Å². The summed E-state index contributed by atoms with van der Waals surface area (Å²) in [4.78, 5) is 25.2. The summed E-state index contributed by atoms with van der Waals surface area (Å²) in [7, 11) is 0. The second kappa shape index (κ2) is 5.68. The fraction of sp³-hybridized carbons (Fsp3) is 0.438. The molecule has 1 unspecified atom stereocenters. The molecule has 0 bridgehead atoms. The molecule has 0 spiro atoms. The Hall–Kier alpha value is -2.17. The van der Waals surface area contributed by atoms with Crippen molar-refractivity contribution in [3.63, 3.8) is 0 Å². The van der Waals surface area contributed by atoms with Gasteiger partial charge in [-0.3, -0.25) is 14.9 Å². The number of fused-ring (bicyclic) bond motifs is 1. The lowest BCUT2D eigenvalue weighted by molar-refractivity contribution is -0.384. The van der Waals surface area contributed by atoms with Crippen LogP contribution >= 0.6 is 0 Å². The van der Waals surface area contributed by atoms with Crippen LogP contribution in [0.25, 0.3) is 0 Å². The SMILES string of the molecule is C=CCN1C(=O)C(CC)(CCC)c2cc([N+](=O)[O-])ccc21. The van der Waals surface area contributed by atoms with Gasteiger partial charge >= 0.3 is 0 Å². The molecule has 1 aromatic carbocycles. The molecule has 0 saturated carbocycles. The number of benzene rings is 1. The third-order valence-electron chi connectivity index (χ3n) is 4.24. The highest BCUT2D eigenvalue weighted by Gasteiger charge is 2.49. The number of carbonyl (C=O) groups excluding carboxylic acids is 1. The number of nitro groups is 1. The Morgan fingerprint density at radius 1 is 1.43 bits per heavy atom. The second-order valence-corrected chi connectivity index (χ2v) is 5.35. The molecule has 5 nitrogen and oxygen atoms in total. The molecule has 0 fully saturated rings. The monoisotopic (exact) mass is 288 g/mol. The summed E-state index contributed by atoms with van der Waals surface area (Å²) in [5.74, 6) is 0.0299. The predicted octanol–water partition coefficient (Wildman–Crippen LogP) is 3.58. The van der Waals surface area contributed by atoms with E-state index in [9.17, 15) is 14.9 Å². The number of hydrogen-bond donors (Lipinski definition) is 0. The molecule has 0 radical (unpaired) electrons. The van der Waals surface area contributed by atoms with E-state index in [1.165, 1.54) is 6.07 Å². The summed E-state index contributed by atoms with van der Waals surface area (Å²) >= 11 is 0. The first-order valence-electron chi connectivity index (χ1n) is 7.23. The lowest BCUT2D eigenvalue weighted by atomic mass is 9.75. The Morgan fingerprint density at radius 3 is 2.67 bits per heavy atom. The number of carbonyl (C=O) groups is 1. The molecular formula is C16H20N2O3. The Morgan fingerprint density at radius 2 is 2.14 bits per heavy atom. The van der Waals surface area contributed by atoms with Gasteiger partial charge in [0.2, 0.25) is 5.91 Å². The van der Waals surface area contributed by atoms with Crippen molar-refractivity contribution in [2.75, 3.05) is 11.4 Å². The Bertz CT molecular complexity index is 597. The minimum absolute atomic E-state index is 0.0299. The van der Waals surface area contributed by atoms with Crippen molar-refractivity contribution in [3.05, 3.63) is 46.5 Å². The van der Waals surface area contributed by atoms with E-state index in [4.69, 9.17) is 0 Å². The first kappa shape index (κ1) is 15.2. The summed E-state index contributed by atoms with van der Waals surface area (Å²) in [5, 5.41) is 11.0. The van der Waals surface area contributed by atoms with Gasteiger partial charge in [-0.05, 0) is 24.5 Å². The fourth-order valence-electron chi connectivity index (χ4n) is 3.24. The molecule has 1 aromatic rings. The third kappa shape index (κ3) is 2.22. The van der Waals surface area contributed by atoms with Gasteiger partial charge < -0.3 is 4.90 Å². The van der Waals surface area contributed by atoms with Crippen LogP contribution in [0.4, 0.5) is 11.4 Å². The third-order valence-corrected chi connectivity index (χ3v) is 4.24. The number of non-ortho nitro benzene ring substituents is 1. The zero-order valence-electron chi connectivity index (χ0n) is 12.5. The summed E-state index contributed by atoms with van der Waals surface area (Å²) in [6.45, 7) is 8.11. The number of nitro benzene ring substituents is 1. The molecule has 1 heterocycles. The maximum atomic E-state index is 12.9. The van der Waals surface area contributed by atoms with Crippen LogP contribution in [0.15, 0.2) is 30.9 Å². The van der Waals surface area contributed by atoms with Crippen LogP contribution in [0.3, 0.4) is 0 Å². The van der Waals surface area contributed by atoms with E-state index >= 15 is 0 Å². The lowest BCUT2D eigenvalue weighted by Crippen LogP contribution is -2.40. The van der Waals surface area contributed by atoms with Crippen molar-refractivity contribution in [2.24, 2.45) is 0 Å². The summed E-state index contributed by atoms with van der Waals surface area (Å²) in [5.41, 5.74) is 0.962. The van der Waals surface area contributed by atoms with Crippen molar-refractivity contribution in [2.45, 2.75) is 38.5 Å². The standard InChI is InChI=1S/C16H20N2O3/c1-4-9-16(6-3)13-11-12(18(20)21)7-8-14(13)17(10-5-2)15(16)19/h5,7-8,11H,2,4,6,9-10H2,1,3H3. The van der Waals surface area contributed by atoms with Crippen molar-refractivity contribution < 1.29 is 9.72 Å². The molecule has 0 aromatic heterocycles. The van der Waals surface area contributed by atoms with Crippen LogP contribution in [0, 0.1) is 10.1 Å². The molecule has 112 valence electrons.